The van der Waals surface area contributed by atoms with Crippen LogP contribution < -0.4 is 56.0 Å². The number of anilines is 4. The third kappa shape index (κ3) is 11.7. The topological polar surface area (TPSA) is 224 Å². The molecule has 0 amide bonds. The summed E-state index contributed by atoms with van der Waals surface area (Å²) < 4.78 is 32.0. The highest BCUT2D eigenvalue weighted by Gasteiger charge is 2.15. The highest BCUT2D eigenvalue weighted by atomic mass is 35.5. The molecule has 8 N–H and O–H groups in total. The van der Waals surface area contributed by atoms with Crippen molar-refractivity contribution in [3.8, 4) is 45.8 Å². The lowest BCUT2D eigenvalue weighted by molar-refractivity contribution is 0.173. The SMILES string of the molecule is CCOc1cccc(-c2cc(NCc3ccc4c(c3)OCO4)nc(N)n2)c1.CCOc1cccc(B(O)O)c1.Nc1nc(Cl)cc(NCc2ccc3c(c2)OCO3)n1. The predicted octanol–water partition coefficient (Wildman–Crippen LogP) is 5.28. The van der Waals surface area contributed by atoms with Gasteiger partial charge in [0.15, 0.2) is 23.0 Å². The van der Waals surface area contributed by atoms with E-state index < -0.39 is 7.12 Å². The molecule has 0 spiro atoms. The number of nitrogens with one attached hydrogen (secondary N) is 2. The van der Waals surface area contributed by atoms with Crippen LogP contribution in [0.2, 0.25) is 5.15 Å². The van der Waals surface area contributed by atoms with E-state index in [4.69, 9.17) is 61.5 Å². The Hall–Kier alpha value is -6.69. The van der Waals surface area contributed by atoms with Crippen LogP contribution in [-0.4, -0.2) is 63.9 Å². The molecule has 58 heavy (non-hydrogen) atoms. The first-order valence-electron chi connectivity index (χ1n) is 18.2. The van der Waals surface area contributed by atoms with E-state index >= 15 is 0 Å². The molecule has 2 aliphatic rings. The lowest BCUT2D eigenvalue weighted by atomic mass is 9.80. The van der Waals surface area contributed by atoms with Crippen molar-refractivity contribution in [2.75, 3.05) is 48.9 Å². The van der Waals surface area contributed by atoms with Crippen LogP contribution in [0.3, 0.4) is 0 Å². The molecule has 16 nitrogen and oxygen atoms in total. The summed E-state index contributed by atoms with van der Waals surface area (Å²) in [5.41, 5.74) is 15.6. The van der Waals surface area contributed by atoms with Gasteiger partial charge in [-0.15, -0.1) is 0 Å². The fraction of sp³-hybridized carbons (Fsp3) is 0.200. The fourth-order valence-corrected chi connectivity index (χ4v) is 5.75. The van der Waals surface area contributed by atoms with Crippen molar-refractivity contribution < 1.29 is 38.5 Å². The van der Waals surface area contributed by atoms with Gasteiger partial charge in [-0.1, -0.05) is 48.0 Å². The van der Waals surface area contributed by atoms with Gasteiger partial charge in [-0.25, -0.2) is 9.97 Å². The number of fused-ring (bicyclic) bond motifs is 2. The van der Waals surface area contributed by atoms with E-state index in [2.05, 4.69) is 30.6 Å². The predicted molar refractivity (Wildman–Crippen MR) is 222 cm³/mol. The van der Waals surface area contributed by atoms with Crippen molar-refractivity contribution in [2.24, 2.45) is 0 Å². The number of benzene rings is 4. The van der Waals surface area contributed by atoms with Gasteiger partial charge < -0.3 is 60.6 Å². The molecule has 6 aromatic rings. The van der Waals surface area contributed by atoms with Gasteiger partial charge >= 0.3 is 7.12 Å². The Balaban J connectivity index is 0.000000159. The number of aromatic nitrogens is 4. The molecule has 8 rings (SSSR count). The van der Waals surface area contributed by atoms with Gasteiger partial charge in [0.2, 0.25) is 25.5 Å². The summed E-state index contributed by atoms with van der Waals surface area (Å²) in [7, 11) is -1.43. The lowest BCUT2D eigenvalue weighted by Crippen LogP contribution is -2.29. The van der Waals surface area contributed by atoms with Gasteiger partial charge in [0.25, 0.3) is 0 Å². The summed E-state index contributed by atoms with van der Waals surface area (Å²) in [4.78, 5) is 16.4. The molecule has 4 heterocycles. The average molecular weight is 809 g/mol. The average Bonchev–Trinajstić information content (AvgIpc) is 3.89. The standard InChI is InChI=1S/C20H20N4O3.C12H11ClN4O2.C8H11BO3/c1-2-25-15-5-3-4-14(9-15)16-10-19(24-20(21)23-16)22-11-13-6-7-17-18(8-13)27-12-26-17;13-10-4-11(17-12(14)16-10)15-5-7-1-2-8-9(3-7)19-6-18-8;1-2-12-8-5-3-4-7(6-8)9(10)11/h3-10H,2,11-12H2,1H3,(H3,21,22,23,24);1-4H,5-6H2,(H3,14,15,16,17);3-6,10-11H,2H2,1H3. The van der Waals surface area contributed by atoms with Gasteiger partial charge in [0.05, 0.1) is 18.9 Å². The summed E-state index contributed by atoms with van der Waals surface area (Å²) in [6.45, 7) is 6.69. The summed E-state index contributed by atoms with van der Waals surface area (Å²) in [6.07, 6.45) is 0. The molecule has 2 aromatic heterocycles. The number of ether oxygens (including phenoxy) is 6. The molecule has 18 heteroatoms. The Labute approximate surface area is 340 Å². The number of halogens is 1. The van der Waals surface area contributed by atoms with Crippen LogP contribution in [0.5, 0.6) is 34.5 Å². The maximum Gasteiger partial charge on any atom is 0.488 e. The molecule has 0 atom stereocenters. The van der Waals surface area contributed by atoms with Gasteiger partial charge in [-0.2, -0.15) is 9.97 Å². The number of nitrogens with zero attached hydrogens (tertiary/aromatic N) is 4. The molecule has 0 radical (unpaired) electrons. The molecule has 2 aliphatic heterocycles. The first kappa shape index (κ1) is 41.0. The Kier molecular flexibility index (Phi) is 14.1. The van der Waals surface area contributed by atoms with Crippen LogP contribution in [-0.2, 0) is 13.1 Å². The zero-order valence-corrected chi connectivity index (χ0v) is 32.5. The van der Waals surface area contributed by atoms with Crippen molar-refractivity contribution in [1.82, 2.24) is 19.9 Å². The molecule has 0 fully saturated rings. The van der Waals surface area contributed by atoms with Crippen LogP contribution in [0.15, 0.2) is 97.1 Å². The molecule has 0 unspecified atom stereocenters. The van der Waals surface area contributed by atoms with E-state index in [-0.39, 0.29) is 25.5 Å². The van der Waals surface area contributed by atoms with Crippen LogP contribution in [0, 0.1) is 0 Å². The molecule has 0 bridgehead atoms. The number of nitrogen functional groups attached to an aromatic ring is 2. The Morgan fingerprint density at radius 3 is 1.74 bits per heavy atom. The van der Waals surface area contributed by atoms with Crippen LogP contribution in [0.25, 0.3) is 11.3 Å². The molecule has 0 saturated heterocycles. The van der Waals surface area contributed by atoms with E-state index in [1.807, 2.05) is 80.6 Å². The fourth-order valence-electron chi connectivity index (χ4n) is 5.56. The van der Waals surface area contributed by atoms with E-state index in [0.717, 1.165) is 51.1 Å². The first-order chi connectivity index (χ1) is 28.1. The second kappa shape index (κ2) is 20.0. The monoisotopic (exact) mass is 808 g/mol. The second-order valence-corrected chi connectivity index (χ2v) is 12.7. The van der Waals surface area contributed by atoms with Crippen LogP contribution in [0.4, 0.5) is 23.5 Å². The quantitative estimate of drug-likeness (QED) is 0.0683. The van der Waals surface area contributed by atoms with E-state index in [1.165, 1.54) is 0 Å². The number of rotatable bonds is 12. The minimum atomic E-state index is -1.43. The lowest BCUT2D eigenvalue weighted by Gasteiger charge is -2.10. The Morgan fingerprint density at radius 2 is 1.17 bits per heavy atom. The van der Waals surface area contributed by atoms with Crippen molar-refractivity contribution in [3.05, 3.63) is 113 Å². The van der Waals surface area contributed by atoms with Gasteiger partial charge in [-0.05, 0) is 79.0 Å². The molecule has 4 aromatic carbocycles. The third-order valence-corrected chi connectivity index (χ3v) is 8.38. The molecular weight excluding hydrogens is 767 g/mol. The van der Waals surface area contributed by atoms with Crippen LogP contribution in [0.1, 0.15) is 25.0 Å². The van der Waals surface area contributed by atoms with Crippen molar-refractivity contribution >= 4 is 47.7 Å². The van der Waals surface area contributed by atoms with E-state index in [1.54, 1.807) is 30.3 Å². The third-order valence-electron chi connectivity index (χ3n) is 8.18. The van der Waals surface area contributed by atoms with E-state index in [0.29, 0.717) is 54.3 Å². The molecular formula is C40H42BClN8O8. The Bertz CT molecular complexity index is 2290. The second-order valence-electron chi connectivity index (χ2n) is 12.4. The van der Waals surface area contributed by atoms with Crippen LogP contribution >= 0.6 is 11.6 Å². The summed E-state index contributed by atoms with van der Waals surface area (Å²) in [5, 5.41) is 24.3. The number of hydrogen-bond acceptors (Lipinski definition) is 16. The van der Waals surface area contributed by atoms with Gasteiger partial charge in [-0.3, -0.25) is 0 Å². The highest BCUT2D eigenvalue weighted by Crippen LogP contribution is 2.34. The minimum absolute atomic E-state index is 0.140. The smallest absolute Gasteiger partial charge is 0.488 e. The van der Waals surface area contributed by atoms with Crippen molar-refractivity contribution in [1.29, 1.82) is 0 Å². The summed E-state index contributed by atoms with van der Waals surface area (Å²) in [6, 6.07) is 29.5. The van der Waals surface area contributed by atoms with E-state index in [9.17, 15) is 0 Å². The van der Waals surface area contributed by atoms with Gasteiger partial charge in [0.1, 0.15) is 28.3 Å². The molecule has 0 saturated carbocycles. The zero-order chi connectivity index (χ0) is 40.9. The first-order valence-corrected chi connectivity index (χ1v) is 18.5. The molecule has 300 valence electrons. The largest absolute Gasteiger partial charge is 0.494 e. The highest BCUT2D eigenvalue weighted by molar-refractivity contribution is 6.58. The van der Waals surface area contributed by atoms with Gasteiger partial charge in [0, 0.05) is 30.8 Å². The summed E-state index contributed by atoms with van der Waals surface area (Å²) in [5.74, 6) is 6.06. The maximum atomic E-state index is 8.82. The van der Waals surface area contributed by atoms with Crippen molar-refractivity contribution in [3.63, 3.8) is 0 Å². The molecule has 0 aliphatic carbocycles. The number of hydrogen-bond donors (Lipinski definition) is 6. The normalized spacial score (nSPS) is 11.7. The Morgan fingerprint density at radius 1 is 0.638 bits per heavy atom. The number of nitrogens with two attached hydrogens (primary N) is 2. The summed E-state index contributed by atoms with van der Waals surface area (Å²) >= 11 is 5.80. The zero-order valence-electron chi connectivity index (χ0n) is 31.7. The minimum Gasteiger partial charge on any atom is -0.494 e. The maximum absolute atomic E-state index is 8.82. The van der Waals surface area contributed by atoms with Crippen molar-refractivity contribution in [2.45, 2.75) is 26.9 Å².